The molecule has 88 valence electrons. The number of ether oxygens (including phenoxy) is 1. The highest BCUT2D eigenvalue weighted by molar-refractivity contribution is 5.09. The third kappa shape index (κ3) is 1.92. The normalized spacial score (nSPS) is 29.5. The molecule has 0 spiro atoms. The molecule has 0 aromatic carbocycles. The van der Waals surface area contributed by atoms with Gasteiger partial charge in [0.1, 0.15) is 12.6 Å². The van der Waals surface area contributed by atoms with E-state index in [2.05, 4.69) is 23.8 Å². The van der Waals surface area contributed by atoms with E-state index < -0.39 is 5.69 Å². The van der Waals surface area contributed by atoms with E-state index in [0.29, 0.717) is 5.92 Å². The zero-order chi connectivity index (χ0) is 11.7. The number of hydrogen-bond acceptors (Lipinski definition) is 5. The quantitative estimate of drug-likeness (QED) is 0.793. The fraction of sp³-hybridized carbons (Fsp3) is 0.700. The number of nitrogens with zero attached hydrogens (tertiary/aromatic N) is 3. The topological polar surface area (TPSA) is 83.0 Å². The van der Waals surface area contributed by atoms with Crippen LogP contribution in [0.2, 0.25) is 0 Å². The van der Waals surface area contributed by atoms with E-state index >= 15 is 0 Å². The van der Waals surface area contributed by atoms with Gasteiger partial charge in [-0.3, -0.25) is 4.57 Å². The molecule has 1 aliphatic rings. The average molecular weight is 224 g/mol. The summed E-state index contributed by atoms with van der Waals surface area (Å²) in [5, 5.41) is 0. The molecule has 2 heterocycles. The Morgan fingerprint density at radius 1 is 1.69 bits per heavy atom. The number of nitrogens with two attached hydrogens (primary N) is 1. The predicted octanol–water partition coefficient (Wildman–Crippen LogP) is 0.554. The van der Waals surface area contributed by atoms with Gasteiger partial charge in [-0.05, 0) is 18.8 Å². The Hall–Kier alpha value is -1.43. The zero-order valence-corrected chi connectivity index (χ0v) is 9.46. The van der Waals surface area contributed by atoms with Crippen LogP contribution in [0.1, 0.15) is 32.9 Å². The van der Waals surface area contributed by atoms with Crippen molar-refractivity contribution in [3.8, 4) is 0 Å². The van der Waals surface area contributed by atoms with Gasteiger partial charge in [-0.2, -0.15) is 4.98 Å². The summed E-state index contributed by atoms with van der Waals surface area (Å²) in [5.41, 5.74) is 4.93. The highest BCUT2D eigenvalue weighted by atomic mass is 16.5. The van der Waals surface area contributed by atoms with E-state index in [1.807, 2.05) is 0 Å². The maximum absolute atomic E-state index is 11.6. The summed E-state index contributed by atoms with van der Waals surface area (Å²) in [4.78, 5) is 19.0. The van der Waals surface area contributed by atoms with Crippen molar-refractivity contribution in [1.29, 1.82) is 0 Å². The fourth-order valence-corrected chi connectivity index (χ4v) is 2.09. The number of aromatic nitrogens is 3. The van der Waals surface area contributed by atoms with Crippen LogP contribution in [0.5, 0.6) is 0 Å². The van der Waals surface area contributed by atoms with E-state index in [9.17, 15) is 4.79 Å². The molecule has 1 fully saturated rings. The largest absolute Gasteiger partial charge is 0.368 e. The fourth-order valence-electron chi connectivity index (χ4n) is 2.09. The lowest BCUT2D eigenvalue weighted by molar-refractivity contribution is -0.00807. The Labute approximate surface area is 93.5 Å². The van der Waals surface area contributed by atoms with E-state index in [-0.39, 0.29) is 18.3 Å². The predicted molar refractivity (Wildman–Crippen MR) is 58.7 cm³/mol. The number of anilines is 1. The SMILES string of the molecule is CC[C@H]1OC(n2cnc(N)nc2=O)C[C@H]1C. The molecule has 1 unspecified atom stereocenters. The Bertz CT molecular complexity index is 431. The molecule has 2 rings (SSSR count). The van der Waals surface area contributed by atoms with Crippen LogP contribution >= 0.6 is 0 Å². The van der Waals surface area contributed by atoms with Crippen molar-refractivity contribution in [3.05, 3.63) is 16.8 Å². The minimum atomic E-state index is -0.401. The highest BCUT2D eigenvalue weighted by Crippen LogP contribution is 2.33. The summed E-state index contributed by atoms with van der Waals surface area (Å²) in [6.45, 7) is 4.20. The molecule has 6 heteroatoms. The van der Waals surface area contributed by atoms with E-state index in [4.69, 9.17) is 10.5 Å². The molecule has 1 aromatic heterocycles. The van der Waals surface area contributed by atoms with Gasteiger partial charge in [0.15, 0.2) is 0 Å². The molecule has 0 bridgehead atoms. The summed E-state index contributed by atoms with van der Waals surface area (Å²) in [5.74, 6) is 0.443. The van der Waals surface area contributed by atoms with Crippen LogP contribution in [-0.4, -0.2) is 20.6 Å². The van der Waals surface area contributed by atoms with Gasteiger partial charge in [-0.15, -0.1) is 0 Å². The zero-order valence-electron chi connectivity index (χ0n) is 9.46. The Morgan fingerprint density at radius 2 is 2.44 bits per heavy atom. The molecule has 1 aliphatic heterocycles. The van der Waals surface area contributed by atoms with Crippen molar-refractivity contribution in [2.75, 3.05) is 5.73 Å². The molecule has 0 radical (unpaired) electrons. The van der Waals surface area contributed by atoms with Gasteiger partial charge in [0, 0.05) is 0 Å². The first-order valence-electron chi connectivity index (χ1n) is 5.48. The first-order valence-corrected chi connectivity index (χ1v) is 5.48. The van der Waals surface area contributed by atoms with Crippen LogP contribution in [0.25, 0.3) is 0 Å². The van der Waals surface area contributed by atoms with Crippen molar-refractivity contribution in [3.63, 3.8) is 0 Å². The summed E-state index contributed by atoms with van der Waals surface area (Å²) in [6.07, 6.45) is 3.11. The molecule has 1 aromatic rings. The van der Waals surface area contributed by atoms with Gasteiger partial charge < -0.3 is 10.5 Å². The summed E-state index contributed by atoms with van der Waals surface area (Å²) < 4.78 is 7.18. The number of hydrogen-bond donors (Lipinski definition) is 1. The number of nitrogen functional groups attached to an aromatic ring is 1. The Morgan fingerprint density at radius 3 is 3.00 bits per heavy atom. The lowest BCUT2D eigenvalue weighted by Gasteiger charge is -2.14. The molecular formula is C10H16N4O2. The lowest BCUT2D eigenvalue weighted by Crippen LogP contribution is -2.28. The van der Waals surface area contributed by atoms with Crippen LogP contribution < -0.4 is 11.4 Å². The highest BCUT2D eigenvalue weighted by Gasteiger charge is 2.32. The van der Waals surface area contributed by atoms with Gasteiger partial charge in [0.2, 0.25) is 5.95 Å². The first kappa shape index (κ1) is 11.1. The monoisotopic (exact) mass is 224 g/mol. The van der Waals surface area contributed by atoms with Crippen LogP contribution in [0.15, 0.2) is 11.1 Å². The summed E-state index contributed by atoms with van der Waals surface area (Å²) >= 11 is 0. The molecule has 16 heavy (non-hydrogen) atoms. The van der Waals surface area contributed by atoms with Crippen molar-refractivity contribution >= 4 is 5.95 Å². The van der Waals surface area contributed by atoms with E-state index in [1.165, 1.54) is 10.9 Å². The van der Waals surface area contributed by atoms with Crippen LogP contribution in [0.4, 0.5) is 5.95 Å². The molecular weight excluding hydrogens is 208 g/mol. The molecule has 6 nitrogen and oxygen atoms in total. The number of rotatable bonds is 2. The maximum Gasteiger partial charge on any atom is 0.354 e. The van der Waals surface area contributed by atoms with Gasteiger partial charge >= 0.3 is 5.69 Å². The molecule has 0 saturated carbocycles. The van der Waals surface area contributed by atoms with Crippen molar-refractivity contribution in [1.82, 2.24) is 14.5 Å². The summed E-state index contributed by atoms with van der Waals surface area (Å²) in [7, 11) is 0. The van der Waals surface area contributed by atoms with Crippen LogP contribution in [-0.2, 0) is 4.74 Å². The van der Waals surface area contributed by atoms with Gasteiger partial charge in [0.25, 0.3) is 0 Å². The second-order valence-corrected chi connectivity index (χ2v) is 4.15. The van der Waals surface area contributed by atoms with Crippen LogP contribution in [0, 0.1) is 5.92 Å². The van der Waals surface area contributed by atoms with Crippen molar-refractivity contribution in [2.24, 2.45) is 5.92 Å². The van der Waals surface area contributed by atoms with E-state index in [0.717, 1.165) is 12.8 Å². The maximum atomic E-state index is 11.6. The second-order valence-electron chi connectivity index (χ2n) is 4.15. The molecule has 1 saturated heterocycles. The van der Waals surface area contributed by atoms with Crippen molar-refractivity contribution < 1.29 is 4.74 Å². The standard InChI is InChI=1S/C10H16N4O2/c1-3-7-6(2)4-8(16-7)14-5-12-9(11)13-10(14)15/h5-8H,3-4H2,1-2H3,(H2,11,13,15)/t6-,7-,8?/m1/s1. The molecule has 2 N–H and O–H groups in total. The Kier molecular flexibility index (Phi) is 2.91. The van der Waals surface area contributed by atoms with Gasteiger partial charge in [-0.25, -0.2) is 9.78 Å². The minimum Gasteiger partial charge on any atom is -0.368 e. The smallest absolute Gasteiger partial charge is 0.354 e. The lowest BCUT2D eigenvalue weighted by atomic mass is 10.0. The van der Waals surface area contributed by atoms with Gasteiger partial charge in [0.05, 0.1) is 6.10 Å². The second kappa shape index (κ2) is 4.21. The molecule has 0 amide bonds. The molecule has 3 atom stereocenters. The van der Waals surface area contributed by atoms with Crippen LogP contribution in [0.3, 0.4) is 0 Å². The first-order chi connectivity index (χ1) is 7.61. The van der Waals surface area contributed by atoms with Gasteiger partial charge in [-0.1, -0.05) is 13.8 Å². The molecule has 0 aliphatic carbocycles. The van der Waals surface area contributed by atoms with Crippen molar-refractivity contribution in [2.45, 2.75) is 39.0 Å². The average Bonchev–Trinajstić information content (AvgIpc) is 2.59. The summed E-state index contributed by atoms with van der Waals surface area (Å²) in [6, 6.07) is 0. The minimum absolute atomic E-state index is 0.000614. The van der Waals surface area contributed by atoms with E-state index in [1.54, 1.807) is 0 Å². The Balaban J connectivity index is 2.23. The third-order valence-electron chi connectivity index (χ3n) is 3.00. The third-order valence-corrected chi connectivity index (χ3v) is 3.00.